The number of hydrogen-bond acceptors (Lipinski definition) is 3. The molecule has 1 N–H and O–H groups in total. The van der Waals surface area contributed by atoms with Crippen LogP contribution >= 0.6 is 23.4 Å². The summed E-state index contributed by atoms with van der Waals surface area (Å²) in [5.41, 5.74) is 0. The Balaban J connectivity index is 2.34. The molecule has 1 rings (SSSR count). The molecule has 1 aromatic rings. The third kappa shape index (κ3) is 7.74. The first-order valence-corrected chi connectivity index (χ1v) is 8.60. The molecular formula is C16H24ClNO2S. The number of amides is 1. The SMILES string of the molecule is CCC(Sc1ccc(Cl)cc1)C(=O)NCCCOC(C)C. The van der Waals surface area contributed by atoms with Gasteiger partial charge in [-0.3, -0.25) is 4.79 Å². The normalized spacial score (nSPS) is 12.4. The second-order valence-electron chi connectivity index (χ2n) is 5.03. The van der Waals surface area contributed by atoms with E-state index in [1.165, 1.54) is 0 Å². The average Bonchev–Trinajstić information content (AvgIpc) is 2.45. The largest absolute Gasteiger partial charge is 0.379 e. The van der Waals surface area contributed by atoms with E-state index >= 15 is 0 Å². The summed E-state index contributed by atoms with van der Waals surface area (Å²) in [7, 11) is 0. The summed E-state index contributed by atoms with van der Waals surface area (Å²) in [5.74, 6) is 0.0852. The van der Waals surface area contributed by atoms with Crippen molar-refractivity contribution >= 4 is 29.3 Å². The van der Waals surface area contributed by atoms with Crippen LogP contribution in [0.25, 0.3) is 0 Å². The standard InChI is InChI=1S/C16H24ClNO2S/c1-4-15(21-14-8-6-13(17)7-9-14)16(19)18-10-5-11-20-12(2)3/h6-9,12,15H,4-5,10-11H2,1-3H3,(H,18,19). The molecule has 1 amide bonds. The van der Waals surface area contributed by atoms with Crippen LogP contribution in [0.4, 0.5) is 0 Å². The van der Waals surface area contributed by atoms with Crippen molar-refractivity contribution in [2.75, 3.05) is 13.2 Å². The van der Waals surface area contributed by atoms with Crippen molar-refractivity contribution < 1.29 is 9.53 Å². The molecule has 1 atom stereocenters. The summed E-state index contributed by atoms with van der Waals surface area (Å²) in [6.07, 6.45) is 1.87. The molecule has 0 saturated carbocycles. The molecule has 0 fully saturated rings. The molecule has 0 aromatic heterocycles. The number of thioether (sulfide) groups is 1. The van der Waals surface area contributed by atoms with Crippen LogP contribution < -0.4 is 5.32 Å². The lowest BCUT2D eigenvalue weighted by Crippen LogP contribution is -2.33. The summed E-state index contributed by atoms with van der Waals surface area (Å²) < 4.78 is 5.45. The highest BCUT2D eigenvalue weighted by atomic mass is 35.5. The average molecular weight is 330 g/mol. The third-order valence-corrected chi connectivity index (χ3v) is 4.45. The quantitative estimate of drug-likeness (QED) is 0.546. The lowest BCUT2D eigenvalue weighted by atomic mass is 10.3. The number of nitrogens with one attached hydrogen (secondary N) is 1. The van der Waals surface area contributed by atoms with Crippen molar-refractivity contribution in [3.8, 4) is 0 Å². The highest BCUT2D eigenvalue weighted by Gasteiger charge is 2.17. The van der Waals surface area contributed by atoms with Gasteiger partial charge in [-0.05, 0) is 51.0 Å². The molecule has 0 spiro atoms. The molecule has 1 unspecified atom stereocenters. The van der Waals surface area contributed by atoms with Crippen molar-refractivity contribution in [3.63, 3.8) is 0 Å². The van der Waals surface area contributed by atoms with Gasteiger partial charge in [0.05, 0.1) is 11.4 Å². The Morgan fingerprint density at radius 3 is 2.57 bits per heavy atom. The predicted octanol–water partition coefficient (Wildman–Crippen LogP) is 4.14. The van der Waals surface area contributed by atoms with Crippen LogP contribution in [-0.4, -0.2) is 30.4 Å². The van der Waals surface area contributed by atoms with Gasteiger partial charge >= 0.3 is 0 Å². The number of carbonyl (C=O) groups is 1. The maximum atomic E-state index is 12.1. The number of ether oxygens (including phenoxy) is 1. The lowest BCUT2D eigenvalue weighted by Gasteiger charge is -2.15. The first kappa shape index (κ1) is 18.3. The molecular weight excluding hydrogens is 306 g/mol. The van der Waals surface area contributed by atoms with Gasteiger partial charge in [0, 0.05) is 23.1 Å². The smallest absolute Gasteiger partial charge is 0.233 e. The van der Waals surface area contributed by atoms with Crippen molar-refractivity contribution in [3.05, 3.63) is 29.3 Å². The summed E-state index contributed by atoms with van der Waals surface area (Å²) in [5, 5.41) is 3.61. The van der Waals surface area contributed by atoms with Crippen molar-refractivity contribution in [1.82, 2.24) is 5.32 Å². The molecule has 5 heteroatoms. The second-order valence-corrected chi connectivity index (χ2v) is 6.75. The number of hydrogen-bond donors (Lipinski definition) is 1. The van der Waals surface area contributed by atoms with Gasteiger partial charge < -0.3 is 10.1 Å². The Hall–Kier alpha value is -0.710. The molecule has 118 valence electrons. The van der Waals surface area contributed by atoms with E-state index < -0.39 is 0 Å². The van der Waals surface area contributed by atoms with Crippen molar-refractivity contribution in [1.29, 1.82) is 0 Å². The van der Waals surface area contributed by atoms with Gasteiger partial charge in [0.25, 0.3) is 0 Å². The van der Waals surface area contributed by atoms with E-state index in [0.29, 0.717) is 18.2 Å². The second kappa shape index (κ2) is 10.1. The molecule has 0 heterocycles. The van der Waals surface area contributed by atoms with E-state index in [9.17, 15) is 4.79 Å². The molecule has 21 heavy (non-hydrogen) atoms. The fourth-order valence-corrected chi connectivity index (χ4v) is 2.82. The predicted molar refractivity (Wildman–Crippen MR) is 90.1 cm³/mol. The van der Waals surface area contributed by atoms with Crippen molar-refractivity contribution in [2.24, 2.45) is 0 Å². The summed E-state index contributed by atoms with van der Waals surface area (Å²) in [6, 6.07) is 7.58. The van der Waals surface area contributed by atoms with E-state index in [2.05, 4.69) is 5.32 Å². The summed E-state index contributed by atoms with van der Waals surface area (Å²) >= 11 is 7.44. The van der Waals surface area contributed by atoms with E-state index in [0.717, 1.165) is 17.7 Å². The zero-order chi connectivity index (χ0) is 15.7. The molecule has 0 saturated heterocycles. The topological polar surface area (TPSA) is 38.3 Å². The van der Waals surface area contributed by atoms with Crippen LogP contribution in [0.5, 0.6) is 0 Å². The summed E-state index contributed by atoms with van der Waals surface area (Å²) in [6.45, 7) is 7.38. The fourth-order valence-electron chi connectivity index (χ4n) is 1.72. The van der Waals surface area contributed by atoms with E-state index in [-0.39, 0.29) is 17.3 Å². The van der Waals surface area contributed by atoms with Gasteiger partial charge in [-0.2, -0.15) is 0 Å². The van der Waals surface area contributed by atoms with E-state index in [1.807, 2.05) is 45.0 Å². The van der Waals surface area contributed by atoms with E-state index in [1.54, 1.807) is 11.8 Å². The van der Waals surface area contributed by atoms with Gasteiger partial charge in [0.2, 0.25) is 5.91 Å². The van der Waals surface area contributed by atoms with Gasteiger partial charge in [0.15, 0.2) is 0 Å². The van der Waals surface area contributed by atoms with Crippen LogP contribution in [-0.2, 0) is 9.53 Å². The number of benzene rings is 1. The Bertz CT molecular complexity index is 423. The minimum atomic E-state index is -0.0720. The molecule has 0 radical (unpaired) electrons. The van der Waals surface area contributed by atoms with Crippen LogP contribution in [0, 0.1) is 0 Å². The first-order chi connectivity index (χ1) is 10.0. The van der Waals surface area contributed by atoms with E-state index in [4.69, 9.17) is 16.3 Å². The molecule has 1 aromatic carbocycles. The molecule has 3 nitrogen and oxygen atoms in total. The molecule has 0 bridgehead atoms. The summed E-state index contributed by atoms with van der Waals surface area (Å²) in [4.78, 5) is 13.2. The maximum absolute atomic E-state index is 12.1. The van der Waals surface area contributed by atoms with Gasteiger partial charge in [-0.15, -0.1) is 11.8 Å². The number of carbonyl (C=O) groups excluding carboxylic acids is 1. The Labute approximate surface area is 136 Å². The Morgan fingerprint density at radius 2 is 2.00 bits per heavy atom. The highest BCUT2D eigenvalue weighted by Crippen LogP contribution is 2.26. The number of rotatable bonds is 9. The zero-order valence-corrected chi connectivity index (χ0v) is 14.5. The Morgan fingerprint density at radius 1 is 1.33 bits per heavy atom. The highest BCUT2D eigenvalue weighted by molar-refractivity contribution is 8.00. The van der Waals surface area contributed by atoms with Crippen LogP contribution in [0.2, 0.25) is 5.02 Å². The minimum absolute atomic E-state index is 0.0720. The van der Waals surface area contributed by atoms with Gasteiger partial charge in [-0.1, -0.05) is 18.5 Å². The fraction of sp³-hybridized carbons (Fsp3) is 0.562. The van der Waals surface area contributed by atoms with Crippen LogP contribution in [0.15, 0.2) is 29.2 Å². The first-order valence-electron chi connectivity index (χ1n) is 7.34. The molecule has 0 aliphatic carbocycles. The molecule has 0 aliphatic heterocycles. The van der Waals surface area contributed by atoms with Gasteiger partial charge in [-0.25, -0.2) is 0 Å². The maximum Gasteiger partial charge on any atom is 0.233 e. The van der Waals surface area contributed by atoms with Crippen LogP contribution in [0.1, 0.15) is 33.6 Å². The monoisotopic (exact) mass is 329 g/mol. The zero-order valence-electron chi connectivity index (χ0n) is 12.9. The lowest BCUT2D eigenvalue weighted by molar-refractivity contribution is -0.120. The Kier molecular flexibility index (Phi) is 8.81. The minimum Gasteiger partial charge on any atom is -0.379 e. The third-order valence-electron chi connectivity index (χ3n) is 2.83. The van der Waals surface area contributed by atoms with Crippen LogP contribution in [0.3, 0.4) is 0 Å². The number of halogens is 1. The molecule has 0 aliphatic rings. The van der Waals surface area contributed by atoms with Gasteiger partial charge in [0.1, 0.15) is 0 Å². The van der Waals surface area contributed by atoms with Crippen molar-refractivity contribution in [2.45, 2.75) is 49.9 Å².